The van der Waals surface area contributed by atoms with Crippen molar-refractivity contribution in [2.45, 2.75) is 6.92 Å². The zero-order chi connectivity index (χ0) is 15.6. The lowest BCUT2D eigenvalue weighted by atomic mass is 10.1. The summed E-state index contributed by atoms with van der Waals surface area (Å²) in [7, 11) is 1.31. The highest BCUT2D eigenvalue weighted by molar-refractivity contribution is 6.39. The van der Waals surface area contributed by atoms with Crippen molar-refractivity contribution in [3.05, 3.63) is 51.5 Å². The molecule has 0 spiro atoms. The van der Waals surface area contributed by atoms with Gasteiger partial charge in [0.05, 0.1) is 28.4 Å². The first kappa shape index (κ1) is 15.5. The first-order chi connectivity index (χ1) is 9.93. The third-order valence-electron chi connectivity index (χ3n) is 3.02. The Morgan fingerprint density at radius 1 is 1.24 bits per heavy atom. The van der Waals surface area contributed by atoms with E-state index in [0.29, 0.717) is 32.7 Å². The van der Waals surface area contributed by atoms with Gasteiger partial charge in [-0.2, -0.15) is 0 Å². The smallest absolute Gasteiger partial charge is 0.340 e. The Bertz CT molecular complexity index is 682. The van der Waals surface area contributed by atoms with Gasteiger partial charge >= 0.3 is 5.97 Å². The fraction of sp³-hybridized carbons (Fsp3) is 0.133. The predicted octanol–water partition coefficient (Wildman–Crippen LogP) is 4.41. The lowest BCUT2D eigenvalue weighted by Crippen LogP contribution is -2.08. The van der Waals surface area contributed by atoms with Crippen molar-refractivity contribution in [3.63, 3.8) is 0 Å². The van der Waals surface area contributed by atoms with Crippen LogP contribution < -0.4 is 11.1 Å². The quantitative estimate of drug-likeness (QED) is 0.648. The summed E-state index contributed by atoms with van der Waals surface area (Å²) in [6.07, 6.45) is 0. The van der Waals surface area contributed by atoms with Crippen LogP contribution in [-0.4, -0.2) is 13.1 Å². The molecule has 0 aliphatic carbocycles. The number of carbonyl (C=O) groups excluding carboxylic acids is 1. The van der Waals surface area contributed by atoms with Gasteiger partial charge in [-0.3, -0.25) is 0 Å². The molecule has 0 aromatic heterocycles. The Kier molecular flexibility index (Phi) is 4.60. The number of ether oxygens (including phenoxy) is 1. The highest BCUT2D eigenvalue weighted by Gasteiger charge is 2.14. The number of aryl methyl sites for hydroxylation is 1. The van der Waals surface area contributed by atoms with E-state index >= 15 is 0 Å². The van der Waals surface area contributed by atoms with Gasteiger partial charge in [0.25, 0.3) is 0 Å². The average Bonchev–Trinajstić information content (AvgIpc) is 2.45. The summed E-state index contributed by atoms with van der Waals surface area (Å²) in [6, 6.07) is 8.61. The van der Waals surface area contributed by atoms with Gasteiger partial charge in [0.15, 0.2) is 0 Å². The van der Waals surface area contributed by atoms with Crippen molar-refractivity contribution in [1.29, 1.82) is 0 Å². The molecule has 4 nitrogen and oxygen atoms in total. The van der Waals surface area contributed by atoms with E-state index in [-0.39, 0.29) is 0 Å². The molecule has 0 fully saturated rings. The summed E-state index contributed by atoms with van der Waals surface area (Å²) < 4.78 is 4.73. The van der Waals surface area contributed by atoms with Crippen LogP contribution in [0.5, 0.6) is 0 Å². The van der Waals surface area contributed by atoms with Gasteiger partial charge in [-0.1, -0.05) is 29.3 Å². The van der Waals surface area contributed by atoms with E-state index in [1.165, 1.54) is 7.11 Å². The van der Waals surface area contributed by atoms with Crippen molar-refractivity contribution in [1.82, 2.24) is 0 Å². The van der Waals surface area contributed by atoms with Crippen LogP contribution in [0.3, 0.4) is 0 Å². The van der Waals surface area contributed by atoms with E-state index in [2.05, 4.69) is 5.32 Å². The second-order valence-electron chi connectivity index (χ2n) is 4.47. The molecule has 2 aromatic rings. The Labute approximate surface area is 132 Å². The summed E-state index contributed by atoms with van der Waals surface area (Å²) in [4.78, 5) is 11.7. The maximum atomic E-state index is 11.7. The molecule has 0 atom stereocenters. The SMILES string of the molecule is COC(=O)c1cc(Nc2c(Cl)cccc2Cl)cc(C)c1N. The van der Waals surface area contributed by atoms with Crippen LogP contribution in [0, 0.1) is 6.92 Å². The standard InChI is InChI=1S/C15H14Cl2N2O2/c1-8-6-9(7-10(13(8)18)15(20)21-2)19-14-11(16)4-3-5-12(14)17/h3-7,19H,18H2,1-2H3. The molecule has 2 rings (SSSR count). The molecule has 0 heterocycles. The van der Waals surface area contributed by atoms with Gasteiger partial charge < -0.3 is 15.8 Å². The van der Waals surface area contributed by atoms with E-state index in [1.807, 2.05) is 0 Å². The topological polar surface area (TPSA) is 64.3 Å². The fourth-order valence-electron chi connectivity index (χ4n) is 1.91. The molecule has 0 aliphatic rings. The third-order valence-corrected chi connectivity index (χ3v) is 3.65. The Morgan fingerprint density at radius 2 is 1.86 bits per heavy atom. The van der Waals surface area contributed by atoms with Gasteiger partial charge in [-0.05, 0) is 36.8 Å². The number of nitrogens with two attached hydrogens (primary N) is 1. The van der Waals surface area contributed by atoms with E-state index in [4.69, 9.17) is 33.7 Å². The summed E-state index contributed by atoms with van der Waals surface area (Å²) in [5.74, 6) is -0.496. The molecule has 0 bridgehead atoms. The highest BCUT2D eigenvalue weighted by atomic mass is 35.5. The van der Waals surface area contributed by atoms with E-state index < -0.39 is 5.97 Å². The lowest BCUT2D eigenvalue weighted by Gasteiger charge is -2.14. The number of hydrogen-bond acceptors (Lipinski definition) is 4. The van der Waals surface area contributed by atoms with Gasteiger partial charge in [0, 0.05) is 11.4 Å². The predicted molar refractivity (Wildman–Crippen MR) is 86.7 cm³/mol. The molecule has 0 amide bonds. The third kappa shape index (κ3) is 3.23. The minimum Gasteiger partial charge on any atom is -0.465 e. The van der Waals surface area contributed by atoms with Gasteiger partial charge in [0.2, 0.25) is 0 Å². The second-order valence-corrected chi connectivity index (χ2v) is 5.28. The van der Waals surface area contributed by atoms with E-state index in [1.54, 1.807) is 37.3 Å². The second kappa shape index (κ2) is 6.24. The number of carbonyl (C=O) groups is 1. The molecule has 3 N–H and O–H groups in total. The molecule has 6 heteroatoms. The number of benzene rings is 2. The van der Waals surface area contributed by atoms with Crippen molar-refractivity contribution in [3.8, 4) is 0 Å². The number of esters is 1. The molecule has 110 valence electrons. The maximum Gasteiger partial charge on any atom is 0.340 e. The Balaban J connectivity index is 2.46. The van der Waals surface area contributed by atoms with Crippen LogP contribution in [0.25, 0.3) is 0 Å². The molecule has 0 saturated carbocycles. The zero-order valence-electron chi connectivity index (χ0n) is 11.5. The van der Waals surface area contributed by atoms with Gasteiger partial charge in [-0.25, -0.2) is 4.79 Å². The minimum absolute atomic E-state index is 0.295. The number of methoxy groups -OCH3 is 1. The van der Waals surface area contributed by atoms with Crippen LogP contribution in [0.1, 0.15) is 15.9 Å². The number of hydrogen-bond donors (Lipinski definition) is 2. The highest BCUT2D eigenvalue weighted by Crippen LogP contribution is 2.34. The molecule has 2 aromatic carbocycles. The number of rotatable bonds is 3. The normalized spacial score (nSPS) is 10.3. The van der Waals surface area contributed by atoms with Crippen LogP contribution in [0.4, 0.5) is 17.1 Å². The van der Waals surface area contributed by atoms with Crippen molar-refractivity contribution < 1.29 is 9.53 Å². The number of nitrogens with one attached hydrogen (secondary N) is 1. The molecular weight excluding hydrogens is 311 g/mol. The molecule has 0 radical (unpaired) electrons. The fourth-order valence-corrected chi connectivity index (χ4v) is 2.40. The Morgan fingerprint density at radius 3 is 2.43 bits per heavy atom. The zero-order valence-corrected chi connectivity index (χ0v) is 13.0. The summed E-state index contributed by atoms with van der Waals surface area (Å²) >= 11 is 12.2. The van der Waals surface area contributed by atoms with E-state index in [9.17, 15) is 4.79 Å². The van der Waals surface area contributed by atoms with Gasteiger partial charge in [-0.15, -0.1) is 0 Å². The largest absolute Gasteiger partial charge is 0.465 e. The number of halogens is 2. The number of nitrogen functional groups attached to an aromatic ring is 1. The summed E-state index contributed by atoms with van der Waals surface area (Å²) in [5.41, 5.74) is 8.56. The monoisotopic (exact) mass is 324 g/mol. The summed E-state index contributed by atoms with van der Waals surface area (Å²) in [5, 5.41) is 4.07. The van der Waals surface area contributed by atoms with Crippen LogP contribution in [0.15, 0.2) is 30.3 Å². The van der Waals surface area contributed by atoms with Gasteiger partial charge in [0.1, 0.15) is 0 Å². The lowest BCUT2D eigenvalue weighted by molar-refractivity contribution is 0.0602. The first-order valence-corrected chi connectivity index (χ1v) is 6.89. The molecule has 0 saturated heterocycles. The van der Waals surface area contributed by atoms with Crippen LogP contribution in [-0.2, 0) is 4.74 Å². The molecule has 21 heavy (non-hydrogen) atoms. The summed E-state index contributed by atoms with van der Waals surface area (Å²) in [6.45, 7) is 1.81. The number of anilines is 3. The minimum atomic E-state index is -0.496. The van der Waals surface area contributed by atoms with Crippen LogP contribution in [0.2, 0.25) is 10.0 Å². The number of para-hydroxylation sites is 1. The van der Waals surface area contributed by atoms with Crippen LogP contribution >= 0.6 is 23.2 Å². The van der Waals surface area contributed by atoms with Crippen molar-refractivity contribution in [2.24, 2.45) is 0 Å². The molecular formula is C15H14Cl2N2O2. The van der Waals surface area contributed by atoms with Crippen molar-refractivity contribution in [2.75, 3.05) is 18.2 Å². The van der Waals surface area contributed by atoms with Crippen molar-refractivity contribution >= 4 is 46.2 Å². The average molecular weight is 325 g/mol. The Hall–Kier alpha value is -1.91. The first-order valence-electron chi connectivity index (χ1n) is 6.13. The van der Waals surface area contributed by atoms with E-state index in [0.717, 1.165) is 5.56 Å². The maximum absolute atomic E-state index is 11.7. The molecule has 0 unspecified atom stereocenters. The molecule has 0 aliphatic heterocycles.